The van der Waals surface area contributed by atoms with Crippen molar-refractivity contribution >= 4 is 40.5 Å². The van der Waals surface area contributed by atoms with Gasteiger partial charge in [-0.3, -0.25) is 14.4 Å². The molecule has 9 nitrogen and oxygen atoms in total. The Kier molecular flexibility index (Phi) is 9.11. The van der Waals surface area contributed by atoms with Crippen molar-refractivity contribution in [3.63, 3.8) is 0 Å². The third-order valence-corrected chi connectivity index (χ3v) is 5.55. The topological polar surface area (TPSA) is 107 Å². The van der Waals surface area contributed by atoms with Gasteiger partial charge in [-0.1, -0.05) is 46.9 Å². The minimum atomic E-state index is -1.19. The van der Waals surface area contributed by atoms with Crippen LogP contribution in [0.15, 0.2) is 54.6 Å². The molecule has 1 aliphatic rings. The molecule has 0 spiro atoms. The second kappa shape index (κ2) is 12.0. The van der Waals surface area contributed by atoms with Crippen LogP contribution in [0.1, 0.15) is 20.8 Å². The lowest BCUT2D eigenvalue weighted by Crippen LogP contribution is -2.63. The van der Waals surface area contributed by atoms with E-state index in [4.69, 9.17) is 28.4 Å². The summed E-state index contributed by atoms with van der Waals surface area (Å²) in [5, 5.41) is 0. The largest absolute Gasteiger partial charge is 0.461 e. The molecule has 0 unspecified atom stereocenters. The summed E-state index contributed by atoms with van der Waals surface area (Å²) < 4.78 is 34.5. The average molecular weight is 584 g/mol. The predicted octanol–water partition coefficient (Wildman–Crippen LogP) is 3.81. The van der Waals surface area contributed by atoms with Crippen LogP contribution in [-0.2, 0) is 33.3 Å². The highest BCUT2D eigenvalue weighted by Gasteiger charge is 2.52. The summed E-state index contributed by atoms with van der Waals surface area (Å²) in [6.07, 6.45) is -5.15. The fourth-order valence-electron chi connectivity index (χ4n) is 3.44. The molecule has 1 heterocycles. The van der Waals surface area contributed by atoms with E-state index in [0.717, 1.165) is 0 Å². The van der Waals surface area contributed by atoms with Gasteiger partial charge in [-0.2, -0.15) is 0 Å². The number of carbonyl (C=O) groups is 3. The second-order valence-electron chi connectivity index (χ2n) is 7.43. The maximum atomic E-state index is 11.9. The highest BCUT2D eigenvalue weighted by atomic mass is 127. The maximum absolute atomic E-state index is 11.9. The highest BCUT2D eigenvalue weighted by Crippen LogP contribution is 2.33. The van der Waals surface area contributed by atoms with E-state index in [1.54, 1.807) is 24.3 Å². The van der Waals surface area contributed by atoms with Crippen LogP contribution in [0, 0.1) is 0 Å². The molecule has 0 saturated carbocycles. The zero-order valence-corrected chi connectivity index (χ0v) is 21.0. The van der Waals surface area contributed by atoms with E-state index in [1.807, 2.05) is 30.3 Å². The molecule has 1 aliphatic heterocycles. The fraction of sp³-hybridized carbons (Fsp3) is 0.375. The lowest BCUT2D eigenvalue weighted by atomic mass is 9.99. The molecule has 3 rings (SSSR count). The Bertz CT molecular complexity index is 997. The zero-order chi connectivity index (χ0) is 24.7. The van der Waals surface area contributed by atoms with Crippen molar-refractivity contribution in [2.75, 3.05) is 4.43 Å². The highest BCUT2D eigenvalue weighted by molar-refractivity contribution is 14.1. The van der Waals surface area contributed by atoms with Gasteiger partial charge in [0.05, 0.1) is 0 Å². The van der Waals surface area contributed by atoms with Gasteiger partial charge in [-0.15, -0.1) is 0 Å². The number of esters is 3. The molecule has 0 N–H and O–H groups in total. The predicted molar refractivity (Wildman–Crippen MR) is 128 cm³/mol. The van der Waals surface area contributed by atoms with E-state index in [2.05, 4.69) is 22.6 Å². The Hall–Kier alpha value is -2.86. The Morgan fingerprint density at radius 2 is 1.32 bits per heavy atom. The van der Waals surface area contributed by atoms with Crippen LogP contribution in [0.25, 0.3) is 0 Å². The van der Waals surface area contributed by atoms with Crippen LogP contribution in [0.3, 0.4) is 0 Å². The second-order valence-corrected chi connectivity index (χ2v) is 8.31. The molecule has 0 radical (unpaired) electrons. The molecule has 10 heteroatoms. The summed E-state index contributed by atoms with van der Waals surface area (Å²) in [7, 11) is 0. The quantitative estimate of drug-likeness (QED) is 0.198. The third-order valence-electron chi connectivity index (χ3n) is 4.69. The summed E-state index contributed by atoms with van der Waals surface area (Å²) >= 11 is 2.06. The number of halogens is 1. The van der Waals surface area contributed by atoms with Crippen molar-refractivity contribution in [3.8, 4) is 17.2 Å². The van der Waals surface area contributed by atoms with E-state index in [9.17, 15) is 14.4 Å². The summed E-state index contributed by atoms with van der Waals surface area (Å²) in [6.45, 7) is 3.66. The van der Waals surface area contributed by atoms with Crippen molar-refractivity contribution < 1.29 is 42.8 Å². The van der Waals surface area contributed by atoms with Crippen molar-refractivity contribution in [1.29, 1.82) is 0 Å². The van der Waals surface area contributed by atoms with E-state index in [0.29, 0.717) is 21.7 Å². The van der Waals surface area contributed by atoms with Gasteiger partial charge in [0.25, 0.3) is 0 Å². The number of hydrogen-bond donors (Lipinski definition) is 0. The zero-order valence-electron chi connectivity index (χ0n) is 18.8. The van der Waals surface area contributed by atoms with E-state index in [-0.39, 0.29) is 0 Å². The molecule has 0 bridgehead atoms. The lowest BCUT2D eigenvalue weighted by Gasteiger charge is -2.43. The Morgan fingerprint density at radius 1 is 0.765 bits per heavy atom. The van der Waals surface area contributed by atoms with Gasteiger partial charge >= 0.3 is 17.9 Å². The average Bonchev–Trinajstić information content (AvgIpc) is 2.77. The van der Waals surface area contributed by atoms with Gasteiger partial charge < -0.3 is 28.4 Å². The van der Waals surface area contributed by atoms with E-state index in [1.165, 1.54) is 20.8 Å². The molecular weight excluding hydrogens is 559 g/mol. The number of rotatable bonds is 8. The van der Waals surface area contributed by atoms with Gasteiger partial charge in [-0.05, 0) is 24.3 Å². The normalized spacial score (nSPS) is 23.9. The van der Waals surface area contributed by atoms with Crippen molar-refractivity contribution in [3.05, 3.63) is 54.6 Å². The molecule has 1 fully saturated rings. The van der Waals surface area contributed by atoms with Crippen LogP contribution >= 0.6 is 22.6 Å². The molecule has 34 heavy (non-hydrogen) atoms. The molecule has 2 aromatic rings. The molecule has 0 aromatic heterocycles. The third kappa shape index (κ3) is 7.07. The molecule has 5 atom stereocenters. The first-order valence-electron chi connectivity index (χ1n) is 10.5. The molecular formula is C24H25IO9. The van der Waals surface area contributed by atoms with Gasteiger partial charge in [-0.25, -0.2) is 0 Å². The monoisotopic (exact) mass is 584 g/mol. The number of hydrogen-bond acceptors (Lipinski definition) is 9. The maximum Gasteiger partial charge on any atom is 0.303 e. The number of ether oxygens (including phenoxy) is 6. The summed E-state index contributed by atoms with van der Waals surface area (Å²) in [6, 6.07) is 16.1. The van der Waals surface area contributed by atoms with Crippen LogP contribution in [0.5, 0.6) is 17.2 Å². The Balaban J connectivity index is 1.89. The summed E-state index contributed by atoms with van der Waals surface area (Å²) in [5.74, 6) is -0.332. The molecule has 1 saturated heterocycles. The van der Waals surface area contributed by atoms with E-state index >= 15 is 0 Å². The number of para-hydroxylation sites is 1. The van der Waals surface area contributed by atoms with Gasteiger partial charge in [0.1, 0.15) is 23.4 Å². The first-order valence-corrected chi connectivity index (χ1v) is 12.0. The SMILES string of the molecule is CC(=O)O[C@@H]1[C@@H](OC(C)=O)[C@H](CI)O[C@H](Oc2cccc(Oc3ccccc3)c2)[C@@H]1OC(C)=O. The summed E-state index contributed by atoms with van der Waals surface area (Å²) in [4.78, 5) is 35.4. The van der Waals surface area contributed by atoms with Gasteiger partial charge in [0.2, 0.25) is 12.4 Å². The standard InChI is InChI=1S/C24H25IO9/c1-14(26)29-21-20(13-25)34-24(23(31-16(3)28)22(21)30-15(2)27)33-19-11-7-10-18(12-19)32-17-8-5-4-6-9-17/h4-12,20-24H,13H2,1-3H3/t20-,21-,22+,23+,24-/m0/s1. The first kappa shape index (κ1) is 25.8. The van der Waals surface area contributed by atoms with Crippen LogP contribution in [0.4, 0.5) is 0 Å². The smallest absolute Gasteiger partial charge is 0.303 e. The van der Waals surface area contributed by atoms with Crippen molar-refractivity contribution in [2.45, 2.75) is 51.5 Å². The Morgan fingerprint density at radius 3 is 1.94 bits per heavy atom. The molecule has 0 aliphatic carbocycles. The molecule has 2 aromatic carbocycles. The molecule has 0 amide bonds. The number of alkyl halides is 1. The van der Waals surface area contributed by atoms with Gasteiger partial charge in [0.15, 0.2) is 12.2 Å². The first-order chi connectivity index (χ1) is 16.3. The Labute approximate surface area is 210 Å². The number of carbonyl (C=O) groups excluding carboxylic acids is 3. The lowest BCUT2D eigenvalue weighted by molar-refractivity contribution is -0.279. The van der Waals surface area contributed by atoms with Crippen LogP contribution in [0.2, 0.25) is 0 Å². The van der Waals surface area contributed by atoms with Crippen molar-refractivity contribution in [2.24, 2.45) is 0 Å². The summed E-state index contributed by atoms with van der Waals surface area (Å²) in [5.41, 5.74) is 0. The minimum absolute atomic E-state index is 0.371. The van der Waals surface area contributed by atoms with E-state index < -0.39 is 48.6 Å². The molecule has 182 valence electrons. The van der Waals surface area contributed by atoms with Gasteiger partial charge in [0, 0.05) is 31.3 Å². The van der Waals surface area contributed by atoms with Crippen LogP contribution in [-0.4, -0.2) is 53.0 Å². The fourth-order valence-corrected chi connectivity index (χ4v) is 4.15. The van der Waals surface area contributed by atoms with Crippen molar-refractivity contribution in [1.82, 2.24) is 0 Å². The minimum Gasteiger partial charge on any atom is -0.461 e. The number of benzene rings is 2. The van der Waals surface area contributed by atoms with Crippen LogP contribution < -0.4 is 9.47 Å².